The van der Waals surface area contributed by atoms with Crippen LogP contribution in [0.15, 0.2) is 18.2 Å². The Balaban J connectivity index is 3.04. The molecule has 0 amide bonds. The molecule has 0 aliphatic heterocycles. The fourth-order valence-corrected chi connectivity index (χ4v) is 0.918. The van der Waals surface area contributed by atoms with Gasteiger partial charge in [-0.15, -0.1) is 0 Å². The summed E-state index contributed by atoms with van der Waals surface area (Å²) in [6.07, 6.45) is -1.11. The quantitative estimate of drug-likeness (QED) is 0.464. The molecule has 0 saturated carbocycles. The van der Waals surface area contributed by atoms with Gasteiger partial charge in [0.25, 0.3) is 0 Å². The number of phenolic OH excluding ortho intramolecular Hbond substituents is 2. The summed E-state index contributed by atoms with van der Waals surface area (Å²) in [5.74, 6) is -1.15. The second kappa shape index (κ2) is 3.45. The average molecular weight is 182 g/mol. The van der Waals surface area contributed by atoms with E-state index >= 15 is 0 Å². The minimum absolute atomic E-state index is 0.172. The van der Waals surface area contributed by atoms with Crippen LogP contribution in [0.4, 0.5) is 0 Å². The number of carbonyl (C=O) groups is 1. The molecule has 0 radical (unpaired) electrons. The number of phenols is 2. The van der Waals surface area contributed by atoms with Gasteiger partial charge in [0.1, 0.15) is 6.10 Å². The van der Waals surface area contributed by atoms with Crippen molar-refractivity contribution in [3.05, 3.63) is 23.8 Å². The van der Waals surface area contributed by atoms with Gasteiger partial charge in [0.2, 0.25) is 0 Å². The van der Waals surface area contributed by atoms with Crippen molar-refractivity contribution in [1.29, 1.82) is 0 Å². The molecule has 1 atom stereocenters. The van der Waals surface area contributed by atoms with Crippen molar-refractivity contribution < 1.29 is 20.1 Å². The lowest BCUT2D eigenvalue weighted by Gasteiger charge is -2.04. The summed E-state index contributed by atoms with van der Waals surface area (Å²) in [6, 6.07) is 3.65. The molecule has 4 nitrogen and oxygen atoms in total. The van der Waals surface area contributed by atoms with Gasteiger partial charge < -0.3 is 15.3 Å². The summed E-state index contributed by atoms with van der Waals surface area (Å²) < 4.78 is 0. The first kappa shape index (κ1) is 9.54. The van der Waals surface area contributed by atoms with Crippen molar-refractivity contribution >= 4 is 5.78 Å². The van der Waals surface area contributed by atoms with Crippen LogP contribution in [-0.4, -0.2) is 27.2 Å². The maximum atomic E-state index is 11.2. The van der Waals surface area contributed by atoms with E-state index in [9.17, 15) is 4.79 Å². The Morgan fingerprint density at radius 2 is 1.92 bits per heavy atom. The molecule has 1 aromatic rings. The standard InChI is InChI=1S/C9H10O4/c1-5(10)9(13)6-2-3-7(11)8(12)4-6/h2-5,10-12H,1H3. The van der Waals surface area contributed by atoms with Gasteiger partial charge in [-0.1, -0.05) is 0 Å². The maximum Gasteiger partial charge on any atom is 0.191 e. The van der Waals surface area contributed by atoms with Crippen LogP contribution in [0.2, 0.25) is 0 Å². The van der Waals surface area contributed by atoms with Gasteiger partial charge in [-0.25, -0.2) is 0 Å². The number of carbonyl (C=O) groups excluding carboxylic acids is 1. The van der Waals surface area contributed by atoms with E-state index in [0.717, 1.165) is 6.07 Å². The van der Waals surface area contributed by atoms with Crippen LogP contribution in [0.1, 0.15) is 17.3 Å². The molecule has 0 aliphatic rings. The zero-order valence-corrected chi connectivity index (χ0v) is 7.06. The predicted molar refractivity (Wildman–Crippen MR) is 45.8 cm³/mol. The fraction of sp³-hybridized carbons (Fsp3) is 0.222. The number of hydrogen-bond donors (Lipinski definition) is 3. The largest absolute Gasteiger partial charge is 0.504 e. The van der Waals surface area contributed by atoms with Crippen molar-refractivity contribution in [2.45, 2.75) is 13.0 Å². The summed E-state index contributed by atoms with van der Waals surface area (Å²) in [5, 5.41) is 26.9. The third-order valence-electron chi connectivity index (χ3n) is 1.64. The lowest BCUT2D eigenvalue weighted by molar-refractivity contribution is 0.0779. The van der Waals surface area contributed by atoms with Crippen molar-refractivity contribution in [3.8, 4) is 11.5 Å². The van der Waals surface area contributed by atoms with Crippen LogP contribution in [0.3, 0.4) is 0 Å². The van der Waals surface area contributed by atoms with Gasteiger partial charge >= 0.3 is 0 Å². The Kier molecular flexibility index (Phi) is 2.53. The van der Waals surface area contributed by atoms with E-state index in [1.807, 2.05) is 0 Å². The molecule has 1 aromatic carbocycles. The molecule has 0 fully saturated rings. The molecule has 1 rings (SSSR count). The van der Waals surface area contributed by atoms with Crippen molar-refractivity contribution in [2.24, 2.45) is 0 Å². The van der Waals surface area contributed by atoms with E-state index in [-0.39, 0.29) is 17.1 Å². The first-order valence-corrected chi connectivity index (χ1v) is 3.76. The summed E-state index contributed by atoms with van der Waals surface area (Å²) in [5.41, 5.74) is 0.172. The van der Waals surface area contributed by atoms with Crippen LogP contribution >= 0.6 is 0 Å². The highest BCUT2D eigenvalue weighted by molar-refractivity contribution is 5.99. The molecular formula is C9H10O4. The second-order valence-corrected chi connectivity index (χ2v) is 2.74. The first-order valence-electron chi connectivity index (χ1n) is 3.76. The molecule has 0 aliphatic carbocycles. The van der Waals surface area contributed by atoms with Crippen LogP contribution in [0, 0.1) is 0 Å². The normalized spacial score (nSPS) is 12.5. The Hall–Kier alpha value is -1.55. The van der Waals surface area contributed by atoms with E-state index in [1.54, 1.807) is 0 Å². The highest BCUT2D eigenvalue weighted by Gasteiger charge is 2.13. The smallest absolute Gasteiger partial charge is 0.191 e. The minimum atomic E-state index is -1.11. The molecule has 0 spiro atoms. The number of ketones is 1. The molecule has 1 unspecified atom stereocenters. The summed E-state index contributed by atoms with van der Waals surface area (Å²) in [6.45, 7) is 1.34. The highest BCUT2D eigenvalue weighted by Crippen LogP contribution is 2.25. The number of aliphatic hydroxyl groups excluding tert-OH is 1. The Morgan fingerprint density at radius 1 is 1.31 bits per heavy atom. The molecule has 70 valence electrons. The highest BCUT2D eigenvalue weighted by atomic mass is 16.3. The van der Waals surface area contributed by atoms with Gasteiger partial charge in [0.05, 0.1) is 0 Å². The van der Waals surface area contributed by atoms with E-state index in [1.165, 1.54) is 19.1 Å². The average Bonchev–Trinajstić information content (AvgIpc) is 2.08. The van der Waals surface area contributed by atoms with Crippen LogP contribution in [0.25, 0.3) is 0 Å². The molecule has 13 heavy (non-hydrogen) atoms. The van der Waals surface area contributed by atoms with Crippen LogP contribution < -0.4 is 0 Å². The number of rotatable bonds is 2. The van der Waals surface area contributed by atoms with Gasteiger partial charge in [-0.2, -0.15) is 0 Å². The number of aromatic hydroxyl groups is 2. The summed E-state index contributed by atoms with van der Waals surface area (Å²) in [7, 11) is 0. The SMILES string of the molecule is CC(O)C(=O)c1ccc(O)c(O)c1. The van der Waals surface area contributed by atoms with E-state index in [4.69, 9.17) is 15.3 Å². The fourth-order valence-electron chi connectivity index (χ4n) is 0.918. The van der Waals surface area contributed by atoms with Crippen molar-refractivity contribution in [3.63, 3.8) is 0 Å². The van der Waals surface area contributed by atoms with Crippen LogP contribution in [-0.2, 0) is 0 Å². The Labute approximate surface area is 75.1 Å². The third-order valence-corrected chi connectivity index (χ3v) is 1.64. The molecule has 3 N–H and O–H groups in total. The maximum absolute atomic E-state index is 11.2. The second-order valence-electron chi connectivity index (χ2n) is 2.74. The molecule has 0 bridgehead atoms. The summed E-state index contributed by atoms with van der Waals surface area (Å²) in [4.78, 5) is 11.2. The van der Waals surface area contributed by atoms with Gasteiger partial charge in [0, 0.05) is 5.56 Å². The van der Waals surface area contributed by atoms with E-state index < -0.39 is 11.9 Å². The lowest BCUT2D eigenvalue weighted by atomic mass is 10.1. The molecule has 4 heteroatoms. The van der Waals surface area contributed by atoms with Gasteiger partial charge in [-0.3, -0.25) is 4.79 Å². The third kappa shape index (κ3) is 1.97. The Morgan fingerprint density at radius 3 is 2.38 bits per heavy atom. The first-order chi connectivity index (χ1) is 6.02. The summed E-state index contributed by atoms with van der Waals surface area (Å²) >= 11 is 0. The number of Topliss-reactive ketones (excluding diaryl/α,β-unsaturated/α-hetero) is 1. The van der Waals surface area contributed by atoms with Crippen molar-refractivity contribution in [1.82, 2.24) is 0 Å². The van der Waals surface area contributed by atoms with Gasteiger partial charge in [-0.05, 0) is 25.1 Å². The van der Waals surface area contributed by atoms with E-state index in [0.29, 0.717) is 0 Å². The molecular weight excluding hydrogens is 172 g/mol. The monoisotopic (exact) mass is 182 g/mol. The number of benzene rings is 1. The lowest BCUT2D eigenvalue weighted by Crippen LogP contribution is -2.15. The van der Waals surface area contributed by atoms with Crippen molar-refractivity contribution in [2.75, 3.05) is 0 Å². The molecule has 0 aromatic heterocycles. The van der Waals surface area contributed by atoms with E-state index in [2.05, 4.69) is 0 Å². The molecule has 0 saturated heterocycles. The number of aliphatic hydroxyl groups is 1. The zero-order valence-electron chi connectivity index (χ0n) is 7.06. The topological polar surface area (TPSA) is 77.8 Å². The van der Waals surface area contributed by atoms with Crippen LogP contribution in [0.5, 0.6) is 11.5 Å². The zero-order chi connectivity index (χ0) is 10.0. The number of hydrogen-bond acceptors (Lipinski definition) is 4. The Bertz CT molecular complexity index is 330. The van der Waals surface area contributed by atoms with Gasteiger partial charge in [0.15, 0.2) is 17.3 Å². The predicted octanol–water partition coefficient (Wildman–Crippen LogP) is 0.661. The minimum Gasteiger partial charge on any atom is -0.504 e. The molecule has 0 heterocycles.